The number of nitrogens with one attached hydrogen (secondary N) is 1. The van der Waals surface area contributed by atoms with Gasteiger partial charge in [0.25, 0.3) is 0 Å². The second-order valence-electron chi connectivity index (χ2n) is 4.52. The van der Waals surface area contributed by atoms with Gasteiger partial charge in [0.1, 0.15) is 11.9 Å². The van der Waals surface area contributed by atoms with Crippen LogP contribution in [0.1, 0.15) is 31.5 Å². The van der Waals surface area contributed by atoms with E-state index in [4.69, 9.17) is 5.73 Å². The fourth-order valence-electron chi connectivity index (χ4n) is 1.52. The Morgan fingerprint density at radius 2 is 2.44 bits per heavy atom. The molecule has 3 N–H and O–H groups in total. The summed E-state index contributed by atoms with van der Waals surface area (Å²) in [7, 11) is 1.71. The second-order valence-corrected chi connectivity index (χ2v) is 4.52. The van der Waals surface area contributed by atoms with Crippen LogP contribution < -0.4 is 11.1 Å². The van der Waals surface area contributed by atoms with Gasteiger partial charge in [-0.05, 0) is 26.8 Å². The summed E-state index contributed by atoms with van der Waals surface area (Å²) in [6, 6.07) is 0. The number of aromatic nitrogens is 3. The lowest BCUT2D eigenvalue weighted by molar-refractivity contribution is -0.124. The number of primary amides is 1. The molecule has 6 nitrogen and oxygen atoms in total. The topological polar surface area (TPSA) is 85.8 Å². The minimum absolute atomic E-state index is 0.390. The molecule has 1 fully saturated rings. The molecule has 1 aromatic rings. The van der Waals surface area contributed by atoms with Gasteiger partial charge in [-0.1, -0.05) is 0 Å². The molecule has 1 saturated carbocycles. The largest absolute Gasteiger partial charge is 0.368 e. The maximum atomic E-state index is 11.3. The molecule has 0 saturated heterocycles. The van der Waals surface area contributed by atoms with Crippen molar-refractivity contribution >= 4 is 5.91 Å². The number of carbonyl (C=O) groups is 1. The molecule has 1 aliphatic rings. The van der Waals surface area contributed by atoms with Gasteiger partial charge in [-0.2, -0.15) is 5.10 Å². The van der Waals surface area contributed by atoms with E-state index in [0.29, 0.717) is 12.5 Å². The van der Waals surface area contributed by atoms with Crippen LogP contribution in [0.4, 0.5) is 0 Å². The molecule has 6 heteroatoms. The Balaban J connectivity index is 2.09. The van der Waals surface area contributed by atoms with Crippen molar-refractivity contribution in [3.8, 4) is 0 Å². The van der Waals surface area contributed by atoms with Crippen molar-refractivity contribution in [3.63, 3.8) is 0 Å². The van der Waals surface area contributed by atoms with Crippen LogP contribution in [0.25, 0.3) is 0 Å². The third-order valence-electron chi connectivity index (χ3n) is 3.07. The van der Waals surface area contributed by atoms with Crippen LogP contribution in [0.3, 0.4) is 0 Å². The van der Waals surface area contributed by atoms with Crippen molar-refractivity contribution in [2.24, 2.45) is 5.73 Å². The monoisotopic (exact) mass is 223 g/mol. The molecule has 1 atom stereocenters. The molecule has 1 amide bonds. The van der Waals surface area contributed by atoms with E-state index in [1.165, 1.54) is 12.8 Å². The van der Waals surface area contributed by atoms with Gasteiger partial charge in [-0.15, -0.1) is 0 Å². The SMILES string of the molecule is CNC(C)(Cn1cnc(C2CC2)n1)C(N)=O. The van der Waals surface area contributed by atoms with Gasteiger partial charge in [0, 0.05) is 5.92 Å². The zero-order chi connectivity index (χ0) is 11.8. The average molecular weight is 223 g/mol. The molecule has 1 heterocycles. The molecule has 0 aliphatic heterocycles. The molecule has 1 aromatic heterocycles. The highest BCUT2D eigenvalue weighted by molar-refractivity contribution is 5.84. The van der Waals surface area contributed by atoms with E-state index in [1.807, 2.05) is 0 Å². The number of nitrogens with zero attached hydrogens (tertiary/aromatic N) is 3. The Bertz CT molecular complexity index is 398. The van der Waals surface area contributed by atoms with Crippen LogP contribution in [0.5, 0.6) is 0 Å². The van der Waals surface area contributed by atoms with Crippen molar-refractivity contribution in [1.29, 1.82) is 0 Å². The average Bonchev–Trinajstić information content (AvgIpc) is 3.00. The number of hydrogen-bond acceptors (Lipinski definition) is 4. The highest BCUT2D eigenvalue weighted by atomic mass is 16.1. The van der Waals surface area contributed by atoms with Crippen LogP contribution in [0.15, 0.2) is 6.33 Å². The first-order valence-corrected chi connectivity index (χ1v) is 5.43. The van der Waals surface area contributed by atoms with E-state index in [9.17, 15) is 4.79 Å². The van der Waals surface area contributed by atoms with E-state index >= 15 is 0 Å². The minimum Gasteiger partial charge on any atom is -0.368 e. The predicted molar refractivity (Wildman–Crippen MR) is 58.7 cm³/mol. The normalized spacial score (nSPS) is 19.4. The summed E-state index contributed by atoms with van der Waals surface area (Å²) < 4.78 is 1.68. The van der Waals surface area contributed by atoms with Crippen molar-refractivity contribution in [3.05, 3.63) is 12.2 Å². The number of hydrogen-bond donors (Lipinski definition) is 2. The standard InChI is InChI=1S/C10H17N5O/c1-10(12-2,9(11)16)5-15-6-13-8(14-15)7-3-4-7/h6-7,12H,3-5H2,1-2H3,(H2,11,16). The lowest BCUT2D eigenvalue weighted by Crippen LogP contribution is -2.54. The number of likely N-dealkylation sites (N-methyl/N-ethyl adjacent to an activating group) is 1. The molecule has 0 spiro atoms. The first-order chi connectivity index (χ1) is 7.55. The van der Waals surface area contributed by atoms with E-state index in [2.05, 4.69) is 15.4 Å². The molecule has 2 rings (SSSR count). The molecular weight excluding hydrogens is 206 g/mol. The predicted octanol–water partition coefficient (Wildman–Crippen LogP) is -0.381. The number of carbonyl (C=O) groups excluding carboxylic acids is 1. The summed E-state index contributed by atoms with van der Waals surface area (Å²) in [5.41, 5.74) is 4.56. The summed E-state index contributed by atoms with van der Waals surface area (Å²) in [6.45, 7) is 2.16. The van der Waals surface area contributed by atoms with E-state index in [0.717, 1.165) is 5.82 Å². The first kappa shape index (κ1) is 11.1. The summed E-state index contributed by atoms with van der Waals surface area (Å²) in [5.74, 6) is 1.01. The maximum Gasteiger partial charge on any atom is 0.239 e. The first-order valence-electron chi connectivity index (χ1n) is 5.43. The zero-order valence-electron chi connectivity index (χ0n) is 9.60. The van der Waals surface area contributed by atoms with Gasteiger partial charge >= 0.3 is 0 Å². The molecule has 1 aliphatic carbocycles. The number of nitrogens with two attached hydrogens (primary N) is 1. The Labute approximate surface area is 94.2 Å². The Kier molecular flexibility index (Phi) is 2.67. The van der Waals surface area contributed by atoms with Crippen LogP contribution in [-0.4, -0.2) is 33.3 Å². The highest BCUT2D eigenvalue weighted by Crippen LogP contribution is 2.37. The van der Waals surface area contributed by atoms with Gasteiger partial charge in [0.15, 0.2) is 5.82 Å². The lowest BCUT2D eigenvalue weighted by atomic mass is 10.0. The zero-order valence-corrected chi connectivity index (χ0v) is 9.60. The molecule has 1 unspecified atom stereocenters. The van der Waals surface area contributed by atoms with Gasteiger partial charge in [-0.25, -0.2) is 4.98 Å². The lowest BCUT2D eigenvalue weighted by Gasteiger charge is -2.24. The van der Waals surface area contributed by atoms with Crippen LogP contribution in [0.2, 0.25) is 0 Å². The molecular formula is C10H17N5O. The summed E-state index contributed by atoms with van der Waals surface area (Å²) >= 11 is 0. The van der Waals surface area contributed by atoms with Crippen LogP contribution >= 0.6 is 0 Å². The Morgan fingerprint density at radius 1 is 1.75 bits per heavy atom. The van der Waals surface area contributed by atoms with Crippen molar-refractivity contribution in [2.45, 2.75) is 37.8 Å². The summed E-state index contributed by atoms with van der Waals surface area (Å²) in [6.07, 6.45) is 4.00. The van der Waals surface area contributed by atoms with Gasteiger partial charge in [-0.3, -0.25) is 9.48 Å². The van der Waals surface area contributed by atoms with Crippen molar-refractivity contribution in [2.75, 3.05) is 7.05 Å². The molecule has 0 bridgehead atoms. The Hall–Kier alpha value is -1.43. The summed E-state index contributed by atoms with van der Waals surface area (Å²) in [4.78, 5) is 15.5. The molecule has 16 heavy (non-hydrogen) atoms. The fourth-order valence-corrected chi connectivity index (χ4v) is 1.52. The number of rotatable bonds is 5. The molecule has 0 aromatic carbocycles. The van der Waals surface area contributed by atoms with Gasteiger partial charge in [0.2, 0.25) is 5.91 Å². The van der Waals surface area contributed by atoms with Crippen LogP contribution in [-0.2, 0) is 11.3 Å². The quantitative estimate of drug-likeness (QED) is 0.712. The second kappa shape index (κ2) is 3.86. The van der Waals surface area contributed by atoms with E-state index in [-0.39, 0.29) is 0 Å². The summed E-state index contributed by atoms with van der Waals surface area (Å²) in [5, 5.41) is 7.26. The van der Waals surface area contributed by atoms with Crippen molar-refractivity contribution in [1.82, 2.24) is 20.1 Å². The van der Waals surface area contributed by atoms with Crippen molar-refractivity contribution < 1.29 is 4.79 Å². The molecule has 88 valence electrons. The van der Waals surface area contributed by atoms with E-state index in [1.54, 1.807) is 25.0 Å². The third kappa shape index (κ3) is 2.06. The highest BCUT2D eigenvalue weighted by Gasteiger charge is 2.32. The van der Waals surface area contributed by atoms with Crippen LogP contribution in [0, 0.1) is 0 Å². The smallest absolute Gasteiger partial charge is 0.239 e. The minimum atomic E-state index is -0.783. The third-order valence-corrected chi connectivity index (χ3v) is 3.07. The molecule has 0 radical (unpaired) electrons. The maximum absolute atomic E-state index is 11.3. The number of amides is 1. The Morgan fingerprint density at radius 3 is 2.94 bits per heavy atom. The van der Waals surface area contributed by atoms with E-state index < -0.39 is 11.4 Å². The van der Waals surface area contributed by atoms with Gasteiger partial charge < -0.3 is 11.1 Å². The van der Waals surface area contributed by atoms with Gasteiger partial charge in [0.05, 0.1) is 6.54 Å². The fraction of sp³-hybridized carbons (Fsp3) is 0.700.